The highest BCUT2D eigenvalue weighted by Gasteiger charge is 2.44. The van der Waals surface area contributed by atoms with Gasteiger partial charge >= 0.3 is 5.97 Å². The minimum absolute atomic E-state index is 0.121. The zero-order valence-electron chi connectivity index (χ0n) is 17.8. The summed E-state index contributed by atoms with van der Waals surface area (Å²) in [5.74, 6) is 0.0268. The summed E-state index contributed by atoms with van der Waals surface area (Å²) in [6.45, 7) is 7.86. The molecular weight excluding hydrogens is 370 g/mol. The lowest BCUT2D eigenvalue weighted by Crippen LogP contribution is -2.39. The van der Waals surface area contributed by atoms with Crippen molar-refractivity contribution in [3.05, 3.63) is 35.0 Å². The largest absolute Gasteiger partial charge is 0.493 e. The summed E-state index contributed by atoms with van der Waals surface area (Å²) in [5.41, 5.74) is 2.76. The van der Waals surface area contributed by atoms with E-state index in [2.05, 4.69) is 4.99 Å². The van der Waals surface area contributed by atoms with Crippen LogP contribution < -0.4 is 9.47 Å². The molecule has 0 amide bonds. The van der Waals surface area contributed by atoms with Crippen molar-refractivity contribution >= 4 is 17.5 Å². The normalized spacial score (nSPS) is 21.6. The molecular formula is C23H29NO5. The minimum atomic E-state index is -0.440. The predicted octanol–water partition coefficient (Wildman–Crippen LogP) is 4.23. The fraction of sp³-hybridized carbons (Fsp3) is 0.522. The second kappa shape index (κ2) is 8.80. The summed E-state index contributed by atoms with van der Waals surface area (Å²) in [4.78, 5) is 30.6. The molecule has 1 fully saturated rings. The lowest BCUT2D eigenvalue weighted by atomic mass is 9.69. The van der Waals surface area contributed by atoms with Crippen LogP contribution in [0.5, 0.6) is 11.5 Å². The van der Waals surface area contributed by atoms with Gasteiger partial charge in [0.1, 0.15) is 5.78 Å². The fourth-order valence-corrected chi connectivity index (χ4v) is 4.18. The minimum Gasteiger partial charge on any atom is -0.493 e. The van der Waals surface area contributed by atoms with Crippen molar-refractivity contribution in [2.45, 2.75) is 59.0 Å². The molecule has 1 saturated carbocycles. The van der Waals surface area contributed by atoms with Gasteiger partial charge < -0.3 is 14.2 Å². The summed E-state index contributed by atoms with van der Waals surface area (Å²) in [6.07, 6.45) is 1.81. The molecule has 1 unspecified atom stereocenters. The molecule has 0 radical (unpaired) electrons. The SMILES string of the molecule is CCOc1ccc([C@H]2C(C(=O)OC(C)C)=C(C)N=C3CCCC(=O)C32)cc1OC. The molecule has 6 nitrogen and oxygen atoms in total. The van der Waals surface area contributed by atoms with Crippen molar-refractivity contribution in [3.63, 3.8) is 0 Å². The van der Waals surface area contributed by atoms with Gasteiger partial charge in [-0.15, -0.1) is 0 Å². The molecule has 0 aromatic heterocycles. The van der Waals surface area contributed by atoms with Gasteiger partial charge in [0.05, 0.1) is 31.3 Å². The van der Waals surface area contributed by atoms with Gasteiger partial charge in [0.15, 0.2) is 11.5 Å². The van der Waals surface area contributed by atoms with Crippen LogP contribution in [0.4, 0.5) is 0 Å². The number of rotatable bonds is 6. The van der Waals surface area contributed by atoms with E-state index < -0.39 is 17.8 Å². The van der Waals surface area contributed by atoms with Gasteiger partial charge in [-0.2, -0.15) is 0 Å². The first-order valence-corrected chi connectivity index (χ1v) is 10.2. The fourth-order valence-electron chi connectivity index (χ4n) is 4.18. The lowest BCUT2D eigenvalue weighted by molar-refractivity contribution is -0.143. The first-order valence-electron chi connectivity index (χ1n) is 10.2. The molecule has 0 spiro atoms. The molecule has 156 valence electrons. The molecule has 2 aliphatic rings. The number of hydrogen-bond donors (Lipinski definition) is 0. The van der Waals surface area contributed by atoms with Crippen molar-refractivity contribution < 1.29 is 23.8 Å². The second-order valence-corrected chi connectivity index (χ2v) is 7.67. The Morgan fingerprint density at radius 3 is 2.62 bits per heavy atom. The topological polar surface area (TPSA) is 74.2 Å². The molecule has 2 atom stereocenters. The Morgan fingerprint density at radius 1 is 1.21 bits per heavy atom. The van der Waals surface area contributed by atoms with Crippen LogP contribution in [0.15, 0.2) is 34.5 Å². The molecule has 1 aromatic carbocycles. The highest BCUT2D eigenvalue weighted by Crippen LogP contribution is 2.45. The molecule has 1 aliphatic carbocycles. The Labute approximate surface area is 171 Å². The third-order valence-electron chi connectivity index (χ3n) is 5.32. The number of aliphatic imine (C=N–C) groups is 1. The van der Waals surface area contributed by atoms with Crippen molar-refractivity contribution in [2.75, 3.05) is 13.7 Å². The molecule has 29 heavy (non-hydrogen) atoms. The smallest absolute Gasteiger partial charge is 0.336 e. The molecule has 1 aromatic rings. The van der Waals surface area contributed by atoms with E-state index in [4.69, 9.17) is 14.2 Å². The third-order valence-corrected chi connectivity index (χ3v) is 5.32. The van der Waals surface area contributed by atoms with E-state index in [1.54, 1.807) is 7.11 Å². The first-order chi connectivity index (χ1) is 13.9. The summed E-state index contributed by atoms with van der Waals surface area (Å²) < 4.78 is 16.6. The number of Topliss-reactive ketones (excluding diaryl/α,β-unsaturated/α-hetero) is 1. The van der Waals surface area contributed by atoms with Crippen LogP contribution in [0.25, 0.3) is 0 Å². The Balaban J connectivity index is 2.14. The molecule has 0 bridgehead atoms. The van der Waals surface area contributed by atoms with Gasteiger partial charge in [-0.25, -0.2) is 4.79 Å². The monoisotopic (exact) mass is 399 g/mol. The number of methoxy groups -OCH3 is 1. The predicted molar refractivity (Wildman–Crippen MR) is 111 cm³/mol. The van der Waals surface area contributed by atoms with Crippen LogP contribution in [0.2, 0.25) is 0 Å². The maximum absolute atomic E-state index is 13.0. The van der Waals surface area contributed by atoms with Gasteiger partial charge in [-0.05, 0) is 58.2 Å². The Morgan fingerprint density at radius 2 is 1.97 bits per heavy atom. The first kappa shape index (κ1) is 21.1. The quantitative estimate of drug-likeness (QED) is 0.670. The van der Waals surface area contributed by atoms with Crippen molar-refractivity contribution in [1.29, 1.82) is 0 Å². The van der Waals surface area contributed by atoms with Crippen LogP contribution in [-0.2, 0) is 14.3 Å². The maximum atomic E-state index is 13.0. The average molecular weight is 399 g/mol. The molecule has 0 N–H and O–H groups in total. The molecule has 1 aliphatic heterocycles. The van der Waals surface area contributed by atoms with E-state index in [1.165, 1.54) is 0 Å². The number of ether oxygens (including phenoxy) is 3. The Hall–Kier alpha value is -2.63. The maximum Gasteiger partial charge on any atom is 0.336 e. The van der Waals surface area contributed by atoms with Crippen molar-refractivity contribution in [3.8, 4) is 11.5 Å². The van der Waals surface area contributed by atoms with Gasteiger partial charge in [0.2, 0.25) is 0 Å². The third kappa shape index (κ3) is 4.21. The number of allylic oxidation sites excluding steroid dienone is 1. The zero-order chi connectivity index (χ0) is 21.1. The number of nitrogens with zero attached hydrogens (tertiary/aromatic N) is 1. The van der Waals surface area contributed by atoms with Crippen LogP contribution in [0.3, 0.4) is 0 Å². The highest BCUT2D eigenvalue weighted by molar-refractivity contribution is 6.11. The number of carbonyl (C=O) groups excluding carboxylic acids is 2. The Kier molecular flexibility index (Phi) is 6.40. The van der Waals surface area contributed by atoms with E-state index in [0.29, 0.717) is 35.8 Å². The van der Waals surface area contributed by atoms with Crippen LogP contribution in [0, 0.1) is 5.92 Å². The number of esters is 1. The van der Waals surface area contributed by atoms with Gasteiger partial charge in [-0.3, -0.25) is 9.79 Å². The Bertz CT molecular complexity index is 868. The molecule has 1 heterocycles. The van der Waals surface area contributed by atoms with E-state index >= 15 is 0 Å². The van der Waals surface area contributed by atoms with E-state index in [-0.39, 0.29) is 11.9 Å². The van der Waals surface area contributed by atoms with E-state index in [9.17, 15) is 9.59 Å². The van der Waals surface area contributed by atoms with Gasteiger partial charge in [0, 0.05) is 23.7 Å². The highest BCUT2D eigenvalue weighted by atomic mass is 16.5. The number of fused-ring (bicyclic) bond motifs is 1. The van der Waals surface area contributed by atoms with Gasteiger partial charge in [0.25, 0.3) is 0 Å². The zero-order valence-corrected chi connectivity index (χ0v) is 17.8. The van der Waals surface area contributed by atoms with Crippen LogP contribution in [0.1, 0.15) is 58.4 Å². The summed E-state index contributed by atoms with van der Waals surface area (Å²) >= 11 is 0. The summed E-state index contributed by atoms with van der Waals surface area (Å²) in [5, 5.41) is 0. The molecule has 3 rings (SSSR count). The second-order valence-electron chi connectivity index (χ2n) is 7.67. The van der Waals surface area contributed by atoms with E-state index in [0.717, 1.165) is 24.1 Å². The van der Waals surface area contributed by atoms with Crippen LogP contribution in [-0.4, -0.2) is 37.3 Å². The summed E-state index contributed by atoms with van der Waals surface area (Å²) in [7, 11) is 1.58. The standard InChI is InChI=1S/C23H29NO5/c1-6-28-18-11-10-15(12-19(18)27-5)21-20(23(26)29-13(2)3)14(4)24-16-8-7-9-17(25)22(16)21/h10-13,21-22H,6-9H2,1-5H3/t21-,22?/m0/s1. The van der Waals surface area contributed by atoms with E-state index in [1.807, 2.05) is 45.9 Å². The van der Waals surface area contributed by atoms with Crippen LogP contribution >= 0.6 is 0 Å². The number of ketones is 1. The number of hydrogen-bond acceptors (Lipinski definition) is 6. The molecule has 0 saturated heterocycles. The van der Waals surface area contributed by atoms with Crippen molar-refractivity contribution in [1.82, 2.24) is 0 Å². The van der Waals surface area contributed by atoms with Gasteiger partial charge in [-0.1, -0.05) is 6.07 Å². The number of carbonyl (C=O) groups is 2. The average Bonchev–Trinajstić information content (AvgIpc) is 2.67. The summed E-state index contributed by atoms with van der Waals surface area (Å²) in [6, 6.07) is 5.59. The van der Waals surface area contributed by atoms with Crippen molar-refractivity contribution in [2.24, 2.45) is 10.9 Å². The molecule has 6 heteroatoms. The lowest BCUT2D eigenvalue weighted by Gasteiger charge is -2.36. The number of benzene rings is 1.